The Hall–Kier alpha value is -4.79. The molecule has 2 aliphatic rings. The second kappa shape index (κ2) is 11.9. The molecule has 0 saturated carbocycles. The van der Waals surface area contributed by atoms with E-state index in [1.807, 2.05) is 4.90 Å². The summed E-state index contributed by atoms with van der Waals surface area (Å²) in [7, 11) is 0. The van der Waals surface area contributed by atoms with Gasteiger partial charge in [-0.1, -0.05) is 12.1 Å². The lowest BCUT2D eigenvalue weighted by atomic mass is 9.76. The Kier molecular flexibility index (Phi) is 8.04. The standard InChI is InChI=1S/C31H30F5N7O3/c1-17-4-7-43(41-17)24-12-18(19-10-20(32)13-21(33)11-19)2-3-22(24)27(31(34,35)36)46-26-14-25(39-29(37)40-26)42-8-5-30(6-9-42)15-23(28(44)45)38-16-30/h2-4,7,10-14,23,27,38H,5-6,8-9,15-16H2,1H3,(H,44,45)(H2,37,39,40)/t23?,27-/m1/s1. The molecule has 4 aromatic rings. The number of carboxylic acids is 1. The maximum absolute atomic E-state index is 14.7. The van der Waals surface area contributed by atoms with Crippen LogP contribution in [-0.2, 0) is 4.79 Å². The topological polar surface area (TPSA) is 131 Å². The van der Waals surface area contributed by atoms with Crippen molar-refractivity contribution in [3.63, 3.8) is 0 Å². The van der Waals surface area contributed by atoms with Gasteiger partial charge in [-0.2, -0.15) is 28.2 Å². The van der Waals surface area contributed by atoms with E-state index in [4.69, 9.17) is 10.5 Å². The average molecular weight is 644 g/mol. The molecule has 0 bridgehead atoms. The van der Waals surface area contributed by atoms with Crippen LogP contribution < -0.4 is 20.7 Å². The van der Waals surface area contributed by atoms with Crippen LogP contribution in [0.3, 0.4) is 0 Å². The van der Waals surface area contributed by atoms with Crippen LogP contribution in [-0.4, -0.2) is 62.7 Å². The first-order valence-corrected chi connectivity index (χ1v) is 14.5. The van der Waals surface area contributed by atoms with Gasteiger partial charge in [0.25, 0.3) is 0 Å². The molecule has 0 radical (unpaired) electrons. The summed E-state index contributed by atoms with van der Waals surface area (Å²) >= 11 is 0. The summed E-state index contributed by atoms with van der Waals surface area (Å²) in [4.78, 5) is 21.5. The van der Waals surface area contributed by atoms with Gasteiger partial charge < -0.3 is 25.8 Å². The highest BCUT2D eigenvalue weighted by Gasteiger charge is 2.46. The fourth-order valence-electron chi connectivity index (χ4n) is 6.18. The van der Waals surface area contributed by atoms with Crippen LogP contribution in [0.4, 0.5) is 33.7 Å². The molecule has 1 unspecified atom stereocenters. The number of aromatic nitrogens is 4. The van der Waals surface area contributed by atoms with Crippen LogP contribution in [0.15, 0.2) is 54.7 Å². The molecule has 242 valence electrons. The van der Waals surface area contributed by atoms with E-state index in [2.05, 4.69) is 20.4 Å². The number of benzene rings is 2. The normalized spacial score (nSPS) is 18.6. The molecule has 2 aliphatic heterocycles. The monoisotopic (exact) mass is 643 g/mol. The Morgan fingerprint density at radius 3 is 2.39 bits per heavy atom. The Bertz CT molecular complexity index is 1750. The van der Waals surface area contributed by atoms with Crippen molar-refractivity contribution >= 4 is 17.7 Å². The fraction of sp³-hybridized carbons (Fsp3) is 0.355. The van der Waals surface area contributed by atoms with Gasteiger partial charge in [-0.3, -0.25) is 4.79 Å². The molecule has 2 atom stereocenters. The molecule has 1 spiro atoms. The Morgan fingerprint density at radius 2 is 1.78 bits per heavy atom. The van der Waals surface area contributed by atoms with Crippen molar-refractivity contribution in [2.24, 2.45) is 5.41 Å². The first-order chi connectivity index (χ1) is 21.8. The Labute approximate surface area is 260 Å². The first kappa shape index (κ1) is 31.2. The Balaban J connectivity index is 1.31. The number of nitrogens with zero attached hydrogens (tertiary/aromatic N) is 5. The van der Waals surface area contributed by atoms with Gasteiger partial charge in [-0.05, 0) is 67.0 Å². The van der Waals surface area contributed by atoms with Gasteiger partial charge in [0.1, 0.15) is 23.5 Å². The third kappa shape index (κ3) is 6.45. The molecular weight excluding hydrogens is 613 g/mol. The maximum Gasteiger partial charge on any atom is 0.429 e. The third-order valence-electron chi connectivity index (χ3n) is 8.53. The van der Waals surface area contributed by atoms with Crippen molar-refractivity contribution in [1.82, 2.24) is 25.1 Å². The number of alkyl halides is 3. The summed E-state index contributed by atoms with van der Waals surface area (Å²) in [5, 5.41) is 16.7. The number of carboxylic acid groups (broad SMARTS) is 1. The van der Waals surface area contributed by atoms with E-state index in [1.54, 1.807) is 13.0 Å². The average Bonchev–Trinajstić information content (AvgIpc) is 3.61. The number of nitrogen functional groups attached to an aromatic ring is 1. The third-order valence-corrected chi connectivity index (χ3v) is 8.53. The van der Waals surface area contributed by atoms with Crippen molar-refractivity contribution in [1.29, 1.82) is 0 Å². The lowest BCUT2D eigenvalue weighted by Gasteiger charge is -2.39. The molecule has 4 heterocycles. The van der Waals surface area contributed by atoms with Gasteiger partial charge in [0.15, 0.2) is 0 Å². The number of nitrogens with one attached hydrogen (secondary N) is 1. The minimum Gasteiger partial charge on any atom is -0.480 e. The van der Waals surface area contributed by atoms with Crippen molar-refractivity contribution in [2.45, 2.75) is 44.5 Å². The van der Waals surface area contributed by atoms with Gasteiger partial charge in [-0.25, -0.2) is 13.5 Å². The van der Waals surface area contributed by atoms with Gasteiger partial charge in [0, 0.05) is 43.5 Å². The van der Waals surface area contributed by atoms with Crippen LogP contribution in [0.1, 0.15) is 36.6 Å². The minimum absolute atomic E-state index is 0.0222. The fourth-order valence-corrected chi connectivity index (χ4v) is 6.18. The SMILES string of the molecule is Cc1ccn(-c2cc(-c3cc(F)cc(F)c3)ccc2[C@@H](Oc2cc(N3CCC4(CC3)CNC(C(=O)O)C4)nc(N)n2)C(F)(F)F)n1. The van der Waals surface area contributed by atoms with Crippen LogP contribution in [0.5, 0.6) is 5.88 Å². The van der Waals surface area contributed by atoms with Gasteiger partial charge >= 0.3 is 12.1 Å². The number of carbonyl (C=O) groups is 1. The summed E-state index contributed by atoms with van der Waals surface area (Å²) in [6, 6.07) is 9.00. The zero-order chi connectivity index (χ0) is 32.8. The van der Waals surface area contributed by atoms with E-state index in [0.717, 1.165) is 12.1 Å². The number of nitrogens with two attached hydrogens (primary N) is 1. The summed E-state index contributed by atoms with van der Waals surface area (Å²) in [6.07, 6.45) is -4.19. The van der Waals surface area contributed by atoms with Crippen LogP contribution in [0.2, 0.25) is 0 Å². The quantitative estimate of drug-likeness (QED) is 0.232. The number of piperidine rings is 1. The Morgan fingerprint density at radius 1 is 1.07 bits per heavy atom. The number of hydrogen-bond donors (Lipinski definition) is 3. The maximum atomic E-state index is 14.7. The number of halogens is 5. The molecule has 2 aromatic carbocycles. The second-order valence-corrected chi connectivity index (χ2v) is 11.8. The molecule has 2 saturated heterocycles. The van der Waals surface area contributed by atoms with E-state index in [0.29, 0.717) is 50.7 Å². The molecule has 0 amide bonds. The highest BCUT2D eigenvalue weighted by atomic mass is 19.4. The van der Waals surface area contributed by atoms with Crippen LogP contribution >= 0.6 is 0 Å². The van der Waals surface area contributed by atoms with E-state index in [1.165, 1.54) is 35.1 Å². The number of hydrogen-bond acceptors (Lipinski definition) is 8. The van der Waals surface area contributed by atoms with Crippen LogP contribution in [0, 0.1) is 24.0 Å². The first-order valence-electron chi connectivity index (χ1n) is 14.5. The van der Waals surface area contributed by atoms with Crippen molar-refractivity contribution in [3.8, 4) is 22.7 Å². The molecule has 10 nitrogen and oxygen atoms in total. The number of anilines is 2. The molecule has 15 heteroatoms. The predicted molar refractivity (Wildman–Crippen MR) is 157 cm³/mol. The van der Waals surface area contributed by atoms with E-state index >= 15 is 0 Å². The molecule has 6 rings (SSSR count). The minimum atomic E-state index is -4.93. The van der Waals surface area contributed by atoms with E-state index < -0.39 is 41.8 Å². The van der Waals surface area contributed by atoms with Crippen molar-refractivity contribution in [2.75, 3.05) is 30.3 Å². The van der Waals surface area contributed by atoms with Crippen molar-refractivity contribution < 1.29 is 36.6 Å². The van der Waals surface area contributed by atoms with Crippen LogP contribution in [0.25, 0.3) is 16.8 Å². The lowest BCUT2D eigenvalue weighted by molar-refractivity contribution is -0.198. The summed E-state index contributed by atoms with van der Waals surface area (Å²) < 4.78 is 79.0. The number of aryl methyl sites for hydroxylation is 1. The van der Waals surface area contributed by atoms with Gasteiger partial charge in [-0.15, -0.1) is 0 Å². The second-order valence-electron chi connectivity index (χ2n) is 11.8. The lowest BCUT2D eigenvalue weighted by Crippen LogP contribution is -2.41. The summed E-state index contributed by atoms with van der Waals surface area (Å²) in [5.41, 5.74) is 6.31. The summed E-state index contributed by atoms with van der Waals surface area (Å²) in [5.74, 6) is -2.97. The molecule has 4 N–H and O–H groups in total. The molecule has 2 fully saturated rings. The highest BCUT2D eigenvalue weighted by Crippen LogP contribution is 2.43. The largest absolute Gasteiger partial charge is 0.480 e. The summed E-state index contributed by atoms with van der Waals surface area (Å²) in [6.45, 7) is 3.20. The van der Waals surface area contributed by atoms with Gasteiger partial charge in [0.05, 0.1) is 11.4 Å². The highest BCUT2D eigenvalue weighted by molar-refractivity contribution is 5.74. The van der Waals surface area contributed by atoms with E-state index in [-0.39, 0.29) is 39.6 Å². The van der Waals surface area contributed by atoms with Gasteiger partial charge in [0.2, 0.25) is 17.9 Å². The zero-order valence-electron chi connectivity index (χ0n) is 24.6. The van der Waals surface area contributed by atoms with Crippen molar-refractivity contribution in [3.05, 3.63) is 77.6 Å². The molecule has 46 heavy (non-hydrogen) atoms. The predicted octanol–water partition coefficient (Wildman–Crippen LogP) is 5.21. The smallest absolute Gasteiger partial charge is 0.429 e. The molecule has 0 aliphatic carbocycles. The number of rotatable bonds is 7. The molecule has 2 aromatic heterocycles. The number of ether oxygens (including phenoxy) is 1. The number of aliphatic carboxylic acids is 1. The molecular formula is C31H30F5N7O3. The van der Waals surface area contributed by atoms with E-state index in [9.17, 15) is 31.9 Å². The zero-order valence-corrected chi connectivity index (χ0v) is 24.6.